The summed E-state index contributed by atoms with van der Waals surface area (Å²) >= 11 is 0. The van der Waals surface area contributed by atoms with Crippen LogP contribution in [0.2, 0.25) is 0 Å². The van der Waals surface area contributed by atoms with E-state index in [9.17, 15) is 0 Å². The lowest BCUT2D eigenvalue weighted by atomic mass is 9.85. The molecule has 0 aliphatic heterocycles. The second-order valence-electron chi connectivity index (χ2n) is 5.15. The monoisotopic (exact) mass is 239 g/mol. The quantitative estimate of drug-likeness (QED) is 0.895. The van der Waals surface area contributed by atoms with Crippen molar-refractivity contribution in [2.45, 2.75) is 32.4 Å². The summed E-state index contributed by atoms with van der Waals surface area (Å²) in [4.78, 5) is 0. The zero-order chi connectivity index (χ0) is 12.5. The van der Waals surface area contributed by atoms with Crippen LogP contribution in [0.5, 0.6) is 0 Å². The highest BCUT2D eigenvalue weighted by Gasteiger charge is 2.19. The lowest BCUT2D eigenvalue weighted by molar-refractivity contribution is 0.279. The molecule has 0 radical (unpaired) electrons. The number of nitrogens with two attached hydrogens (primary N) is 1. The zero-order valence-electron chi connectivity index (χ0n) is 10.4. The van der Waals surface area contributed by atoms with Crippen LogP contribution in [0.4, 0.5) is 0 Å². The Morgan fingerprint density at radius 1 is 1.39 bits per heavy atom. The Kier molecular flexibility index (Phi) is 2.81. The summed E-state index contributed by atoms with van der Waals surface area (Å²) in [5.74, 6) is 0.821. The van der Waals surface area contributed by atoms with E-state index in [0.29, 0.717) is 12.1 Å². The molecule has 2 aromatic rings. The van der Waals surface area contributed by atoms with Crippen LogP contribution in [0, 0.1) is 17.2 Å². The van der Waals surface area contributed by atoms with Crippen molar-refractivity contribution in [2.24, 2.45) is 11.7 Å². The number of aromatic nitrogens is 1. The minimum atomic E-state index is 0.531. The first-order valence-corrected chi connectivity index (χ1v) is 6.53. The predicted octanol–water partition coefficient (Wildman–Crippen LogP) is 2.77. The van der Waals surface area contributed by atoms with Gasteiger partial charge in [0.15, 0.2) is 0 Å². The van der Waals surface area contributed by atoms with Crippen LogP contribution in [0.3, 0.4) is 0 Å². The highest BCUT2D eigenvalue weighted by atomic mass is 15.0. The summed E-state index contributed by atoms with van der Waals surface area (Å²) in [5.41, 5.74) is 8.86. The molecule has 0 atom stereocenters. The molecule has 0 amide bonds. The normalized spacial score (nSPS) is 15.6. The van der Waals surface area contributed by atoms with Gasteiger partial charge in [-0.2, -0.15) is 5.26 Å². The minimum absolute atomic E-state index is 0.531. The smallest absolute Gasteiger partial charge is 0.0991 e. The highest BCUT2D eigenvalue weighted by Crippen LogP contribution is 2.30. The summed E-state index contributed by atoms with van der Waals surface area (Å²) < 4.78 is 2.31. The third kappa shape index (κ3) is 1.79. The number of nitriles is 1. The topological polar surface area (TPSA) is 54.7 Å². The summed E-state index contributed by atoms with van der Waals surface area (Å²) in [7, 11) is 0. The summed E-state index contributed by atoms with van der Waals surface area (Å²) in [6.07, 6.45) is 6.21. The number of hydrogen-bond donors (Lipinski definition) is 1. The third-order valence-electron chi connectivity index (χ3n) is 3.99. The van der Waals surface area contributed by atoms with E-state index in [2.05, 4.69) is 16.8 Å². The van der Waals surface area contributed by atoms with Crippen LogP contribution in [0.1, 0.15) is 30.4 Å². The Labute approximate surface area is 107 Å². The number of nitrogens with zero attached hydrogens (tertiary/aromatic N) is 2. The zero-order valence-corrected chi connectivity index (χ0v) is 10.4. The largest absolute Gasteiger partial charge is 0.347 e. The molecule has 0 saturated heterocycles. The molecule has 1 aromatic heterocycles. The van der Waals surface area contributed by atoms with Crippen LogP contribution in [-0.4, -0.2) is 4.57 Å². The molecule has 1 aliphatic rings. The summed E-state index contributed by atoms with van der Waals surface area (Å²) in [6.45, 7) is 1.62. The fraction of sp³-hybridized carbons (Fsp3) is 0.400. The average molecular weight is 239 g/mol. The molecule has 1 aliphatic carbocycles. The molecule has 1 fully saturated rings. The van der Waals surface area contributed by atoms with E-state index in [4.69, 9.17) is 11.0 Å². The Morgan fingerprint density at radius 3 is 2.83 bits per heavy atom. The van der Waals surface area contributed by atoms with Crippen molar-refractivity contribution >= 4 is 10.9 Å². The van der Waals surface area contributed by atoms with E-state index in [1.165, 1.54) is 24.8 Å². The van der Waals surface area contributed by atoms with Gasteiger partial charge >= 0.3 is 0 Å². The van der Waals surface area contributed by atoms with E-state index < -0.39 is 0 Å². The molecule has 0 spiro atoms. The second kappa shape index (κ2) is 4.47. The van der Waals surface area contributed by atoms with Crippen molar-refractivity contribution in [3.05, 3.63) is 35.5 Å². The lowest BCUT2D eigenvalue weighted by Gasteiger charge is -2.26. The molecule has 3 rings (SSSR count). The molecule has 2 N–H and O–H groups in total. The fourth-order valence-corrected chi connectivity index (χ4v) is 2.71. The molecule has 18 heavy (non-hydrogen) atoms. The molecule has 0 bridgehead atoms. The van der Waals surface area contributed by atoms with Crippen LogP contribution < -0.4 is 5.73 Å². The van der Waals surface area contributed by atoms with Gasteiger partial charge < -0.3 is 10.3 Å². The van der Waals surface area contributed by atoms with Crippen molar-refractivity contribution < 1.29 is 0 Å². The minimum Gasteiger partial charge on any atom is -0.347 e. The van der Waals surface area contributed by atoms with E-state index in [-0.39, 0.29) is 0 Å². The number of benzene rings is 1. The molecule has 0 unspecified atom stereocenters. The molecular formula is C15H17N3. The van der Waals surface area contributed by atoms with Gasteiger partial charge in [-0.1, -0.05) is 6.42 Å². The molecule has 92 valence electrons. The maximum Gasteiger partial charge on any atom is 0.0991 e. The first-order valence-electron chi connectivity index (χ1n) is 6.53. The number of rotatable bonds is 3. The van der Waals surface area contributed by atoms with Gasteiger partial charge in [0.1, 0.15) is 0 Å². The van der Waals surface area contributed by atoms with Crippen molar-refractivity contribution in [2.75, 3.05) is 0 Å². The van der Waals surface area contributed by atoms with Gasteiger partial charge in [-0.3, -0.25) is 0 Å². The molecule has 1 saturated carbocycles. The van der Waals surface area contributed by atoms with Gasteiger partial charge in [0.2, 0.25) is 0 Å². The number of fused-ring (bicyclic) bond motifs is 1. The van der Waals surface area contributed by atoms with Crippen LogP contribution in [0.25, 0.3) is 10.9 Å². The second-order valence-corrected chi connectivity index (χ2v) is 5.15. The molecule has 3 heteroatoms. The average Bonchev–Trinajstić information content (AvgIpc) is 2.71. The van der Waals surface area contributed by atoms with Gasteiger partial charge in [-0.15, -0.1) is 0 Å². The summed E-state index contributed by atoms with van der Waals surface area (Å²) in [6, 6.07) is 8.08. The first-order chi connectivity index (χ1) is 8.81. The SMILES string of the molecule is N#Cc1ccc2c(c1)c(CN)cn2CC1CCC1. The first kappa shape index (κ1) is 11.3. The van der Waals surface area contributed by atoms with Gasteiger partial charge in [0.25, 0.3) is 0 Å². The van der Waals surface area contributed by atoms with Crippen LogP contribution >= 0.6 is 0 Å². The van der Waals surface area contributed by atoms with Crippen LogP contribution in [0.15, 0.2) is 24.4 Å². The van der Waals surface area contributed by atoms with E-state index >= 15 is 0 Å². The lowest BCUT2D eigenvalue weighted by Crippen LogP contribution is -2.17. The van der Waals surface area contributed by atoms with Gasteiger partial charge in [-0.25, -0.2) is 0 Å². The molecule has 3 nitrogen and oxygen atoms in total. The van der Waals surface area contributed by atoms with Crippen molar-refractivity contribution in [1.82, 2.24) is 4.57 Å². The van der Waals surface area contributed by atoms with Gasteiger partial charge in [0, 0.05) is 30.2 Å². The Hall–Kier alpha value is -1.79. The van der Waals surface area contributed by atoms with E-state index in [0.717, 1.165) is 23.4 Å². The molecular weight excluding hydrogens is 222 g/mol. The summed E-state index contributed by atoms with van der Waals surface area (Å²) in [5, 5.41) is 10.1. The third-order valence-corrected chi connectivity index (χ3v) is 3.99. The van der Waals surface area contributed by atoms with E-state index in [1.54, 1.807) is 0 Å². The maximum atomic E-state index is 8.97. The maximum absolute atomic E-state index is 8.97. The Morgan fingerprint density at radius 2 is 2.22 bits per heavy atom. The van der Waals surface area contributed by atoms with Crippen molar-refractivity contribution in [3.63, 3.8) is 0 Å². The Balaban J connectivity index is 2.06. The number of hydrogen-bond acceptors (Lipinski definition) is 2. The molecule has 1 heterocycles. The van der Waals surface area contributed by atoms with Gasteiger partial charge in [0.05, 0.1) is 11.6 Å². The highest BCUT2D eigenvalue weighted by molar-refractivity contribution is 5.85. The molecule has 1 aromatic carbocycles. The predicted molar refractivity (Wildman–Crippen MR) is 71.9 cm³/mol. The Bertz CT molecular complexity index is 614. The van der Waals surface area contributed by atoms with Crippen molar-refractivity contribution in [1.29, 1.82) is 5.26 Å². The van der Waals surface area contributed by atoms with Crippen LogP contribution in [-0.2, 0) is 13.1 Å². The van der Waals surface area contributed by atoms with Crippen molar-refractivity contribution in [3.8, 4) is 6.07 Å². The van der Waals surface area contributed by atoms with E-state index in [1.807, 2.05) is 18.2 Å². The van der Waals surface area contributed by atoms with Gasteiger partial charge in [-0.05, 0) is 42.5 Å². The fourth-order valence-electron chi connectivity index (χ4n) is 2.71. The standard InChI is InChI=1S/C15H17N3/c16-7-12-4-5-15-14(6-12)13(8-17)10-18(15)9-11-2-1-3-11/h4-6,10-11H,1-3,8-9,17H2.